The third-order valence-electron chi connectivity index (χ3n) is 10.7. The van der Waals surface area contributed by atoms with E-state index in [-0.39, 0.29) is 17.1 Å². The number of phenolic OH excluding ortho intramolecular Hbond substituents is 1. The summed E-state index contributed by atoms with van der Waals surface area (Å²) >= 11 is 0. The van der Waals surface area contributed by atoms with Gasteiger partial charge < -0.3 is 25.4 Å². The molecular formula is C35H42F2N8O2. The van der Waals surface area contributed by atoms with E-state index in [4.69, 9.17) is 20.4 Å². The first-order valence-corrected chi connectivity index (χ1v) is 17.0. The SMILES string of the molecule is CCc1c(F)ccc2cc(O)cc(N3CCc4c(nc(OC[C@@]56CCCN5C[C@H](F)C6)nc4N4CCCCn5nc(N)cc5C4)C3)c12. The van der Waals surface area contributed by atoms with Gasteiger partial charge in [0.1, 0.15) is 36.0 Å². The van der Waals surface area contributed by atoms with Crippen molar-refractivity contribution in [2.75, 3.05) is 48.3 Å². The molecule has 0 unspecified atom stereocenters. The summed E-state index contributed by atoms with van der Waals surface area (Å²) in [7, 11) is 0. The molecule has 0 saturated carbocycles. The van der Waals surface area contributed by atoms with Crippen LogP contribution < -0.4 is 20.3 Å². The Morgan fingerprint density at radius 1 is 1.04 bits per heavy atom. The van der Waals surface area contributed by atoms with Crippen LogP contribution in [0.2, 0.25) is 0 Å². The molecule has 0 spiro atoms. The molecule has 0 aliphatic carbocycles. The molecule has 4 aliphatic rings. The zero-order valence-electron chi connectivity index (χ0n) is 26.9. The number of hydrogen-bond acceptors (Lipinski definition) is 9. The number of hydrogen-bond donors (Lipinski definition) is 2. The smallest absolute Gasteiger partial charge is 0.318 e. The minimum Gasteiger partial charge on any atom is -0.508 e. The van der Waals surface area contributed by atoms with Crippen LogP contribution in [0.25, 0.3) is 10.8 Å². The highest BCUT2D eigenvalue weighted by Gasteiger charge is 2.49. The summed E-state index contributed by atoms with van der Waals surface area (Å²) < 4.78 is 38.1. The summed E-state index contributed by atoms with van der Waals surface area (Å²) in [6.45, 7) is 6.98. The topological polar surface area (TPSA) is 109 Å². The molecule has 3 N–H and O–H groups in total. The number of nitrogens with zero attached hydrogens (tertiary/aromatic N) is 7. The Morgan fingerprint density at radius 2 is 1.91 bits per heavy atom. The lowest BCUT2D eigenvalue weighted by Crippen LogP contribution is -2.43. The number of anilines is 3. The largest absolute Gasteiger partial charge is 0.508 e. The minimum atomic E-state index is -0.847. The number of rotatable bonds is 6. The van der Waals surface area contributed by atoms with Gasteiger partial charge in [0.15, 0.2) is 0 Å². The van der Waals surface area contributed by atoms with Gasteiger partial charge in [-0.15, -0.1) is 0 Å². The van der Waals surface area contributed by atoms with Crippen molar-refractivity contribution in [3.8, 4) is 11.8 Å². The Morgan fingerprint density at radius 3 is 2.79 bits per heavy atom. The molecule has 8 rings (SSSR count). The van der Waals surface area contributed by atoms with Crippen molar-refractivity contribution in [1.29, 1.82) is 0 Å². The summed E-state index contributed by atoms with van der Waals surface area (Å²) in [5, 5.41) is 16.8. The van der Waals surface area contributed by atoms with Crippen LogP contribution in [0.15, 0.2) is 30.3 Å². The van der Waals surface area contributed by atoms with Crippen LogP contribution in [0, 0.1) is 5.82 Å². The van der Waals surface area contributed by atoms with Crippen molar-refractivity contribution in [1.82, 2.24) is 24.6 Å². The van der Waals surface area contributed by atoms with Crippen LogP contribution in [-0.2, 0) is 32.5 Å². The highest BCUT2D eigenvalue weighted by molar-refractivity contribution is 5.98. The van der Waals surface area contributed by atoms with E-state index in [1.807, 2.05) is 17.7 Å². The van der Waals surface area contributed by atoms with Crippen LogP contribution in [0.5, 0.6) is 11.8 Å². The fourth-order valence-electron chi connectivity index (χ4n) is 8.46. The van der Waals surface area contributed by atoms with Gasteiger partial charge in [0.05, 0.1) is 30.0 Å². The molecule has 0 radical (unpaired) electrons. The van der Waals surface area contributed by atoms with Gasteiger partial charge in [0, 0.05) is 61.4 Å². The summed E-state index contributed by atoms with van der Waals surface area (Å²) in [4.78, 5) is 16.8. The maximum atomic E-state index is 15.1. The number of alkyl halides is 1. The number of nitrogens with two attached hydrogens (primary N) is 1. The quantitative estimate of drug-likeness (QED) is 0.295. The van der Waals surface area contributed by atoms with E-state index in [0.29, 0.717) is 69.4 Å². The van der Waals surface area contributed by atoms with Crippen molar-refractivity contribution < 1.29 is 18.6 Å². The van der Waals surface area contributed by atoms with Gasteiger partial charge in [0.2, 0.25) is 0 Å². The van der Waals surface area contributed by atoms with E-state index in [0.717, 1.165) is 84.5 Å². The lowest BCUT2D eigenvalue weighted by molar-refractivity contribution is 0.107. The van der Waals surface area contributed by atoms with E-state index in [9.17, 15) is 9.50 Å². The average Bonchev–Trinajstić information content (AvgIpc) is 3.69. The number of aryl methyl sites for hydroxylation is 2. The van der Waals surface area contributed by atoms with Crippen LogP contribution in [-0.4, -0.2) is 74.3 Å². The van der Waals surface area contributed by atoms with Gasteiger partial charge in [-0.25, -0.2) is 8.78 Å². The number of phenols is 1. The molecule has 248 valence electrons. The Balaban J connectivity index is 1.19. The van der Waals surface area contributed by atoms with Crippen LogP contribution in [0.1, 0.15) is 61.5 Å². The van der Waals surface area contributed by atoms with Crippen molar-refractivity contribution in [3.63, 3.8) is 0 Å². The van der Waals surface area contributed by atoms with Crippen LogP contribution >= 0.6 is 0 Å². The van der Waals surface area contributed by atoms with Gasteiger partial charge in [-0.1, -0.05) is 13.0 Å². The van der Waals surface area contributed by atoms with Gasteiger partial charge in [-0.3, -0.25) is 9.58 Å². The Hall–Kier alpha value is -4.19. The van der Waals surface area contributed by atoms with Gasteiger partial charge >= 0.3 is 6.01 Å². The molecule has 6 heterocycles. The predicted molar refractivity (Wildman–Crippen MR) is 177 cm³/mol. The standard InChI is InChI=1S/C35H42F2N8O2/c1-2-26-28(37)7-6-22-14-25(46)16-30(32(22)26)42-13-8-27-29(20-42)39-34(47-21-35-9-5-11-44(35)18-23(36)17-35)40-33(27)43-10-3-4-12-45-24(19-43)15-31(38)41-45/h6-7,14-16,23,46H,2-5,8-13,17-21H2,1H3,(H2,38,41)/t23-,35+/m1/s1. The molecule has 0 bridgehead atoms. The number of aromatic nitrogens is 4. The molecule has 2 aromatic carbocycles. The van der Waals surface area contributed by atoms with Crippen LogP contribution in [0.4, 0.5) is 26.1 Å². The number of fused-ring (bicyclic) bond motifs is 4. The fraction of sp³-hybridized carbons (Fsp3) is 0.514. The van der Waals surface area contributed by atoms with E-state index in [1.54, 1.807) is 18.2 Å². The fourth-order valence-corrected chi connectivity index (χ4v) is 8.46. The first-order valence-electron chi connectivity index (χ1n) is 17.0. The second kappa shape index (κ2) is 11.8. The third kappa shape index (κ3) is 5.40. The van der Waals surface area contributed by atoms with E-state index in [2.05, 4.69) is 19.8 Å². The molecule has 2 aromatic heterocycles. The van der Waals surface area contributed by atoms with Crippen molar-refractivity contribution in [3.05, 3.63) is 58.7 Å². The third-order valence-corrected chi connectivity index (χ3v) is 10.7. The summed E-state index contributed by atoms with van der Waals surface area (Å²) in [5.74, 6) is 1.24. The first-order chi connectivity index (χ1) is 22.8. The lowest BCUT2D eigenvalue weighted by atomic mass is 9.95. The van der Waals surface area contributed by atoms with Crippen molar-refractivity contribution in [2.45, 2.75) is 83.2 Å². The maximum Gasteiger partial charge on any atom is 0.318 e. The Bertz CT molecular complexity index is 1830. The molecule has 10 nitrogen and oxygen atoms in total. The summed E-state index contributed by atoms with van der Waals surface area (Å²) in [6.07, 6.45) is 4.69. The van der Waals surface area contributed by atoms with Gasteiger partial charge in [-0.2, -0.15) is 15.1 Å². The molecule has 12 heteroatoms. The number of benzene rings is 2. The zero-order chi connectivity index (χ0) is 32.3. The maximum absolute atomic E-state index is 15.1. The molecule has 2 atom stereocenters. The molecule has 2 saturated heterocycles. The number of ether oxygens (including phenoxy) is 1. The Labute approximate surface area is 273 Å². The molecule has 4 aromatic rings. The first kappa shape index (κ1) is 30.2. The van der Waals surface area contributed by atoms with Crippen LogP contribution in [0.3, 0.4) is 0 Å². The molecule has 0 amide bonds. The Kier molecular flexibility index (Phi) is 7.57. The van der Waals surface area contributed by atoms with Crippen molar-refractivity contribution >= 4 is 28.1 Å². The van der Waals surface area contributed by atoms with Gasteiger partial charge in [0.25, 0.3) is 0 Å². The normalized spacial score (nSPS) is 23.0. The minimum absolute atomic E-state index is 0.138. The number of halogens is 2. The van der Waals surface area contributed by atoms with E-state index in [1.165, 1.54) is 6.07 Å². The second-order valence-corrected chi connectivity index (χ2v) is 13.6. The number of nitrogen functional groups attached to an aromatic ring is 1. The number of aromatic hydroxyl groups is 1. The molecular weight excluding hydrogens is 602 g/mol. The van der Waals surface area contributed by atoms with Gasteiger partial charge in [-0.05, 0) is 68.2 Å². The summed E-state index contributed by atoms with van der Waals surface area (Å²) in [5.41, 5.74) is 10.1. The van der Waals surface area contributed by atoms with E-state index < -0.39 is 6.17 Å². The highest BCUT2D eigenvalue weighted by Crippen LogP contribution is 2.42. The second-order valence-electron chi connectivity index (χ2n) is 13.6. The molecule has 2 fully saturated rings. The zero-order valence-corrected chi connectivity index (χ0v) is 26.9. The monoisotopic (exact) mass is 644 g/mol. The predicted octanol–water partition coefficient (Wildman–Crippen LogP) is 5.13. The summed E-state index contributed by atoms with van der Waals surface area (Å²) in [6, 6.07) is 8.86. The van der Waals surface area contributed by atoms with Crippen molar-refractivity contribution in [2.24, 2.45) is 0 Å². The molecule has 47 heavy (non-hydrogen) atoms. The molecule has 4 aliphatic heterocycles. The average molecular weight is 645 g/mol. The van der Waals surface area contributed by atoms with E-state index >= 15 is 4.39 Å². The highest BCUT2D eigenvalue weighted by atomic mass is 19.1. The lowest BCUT2D eigenvalue weighted by Gasteiger charge is -2.35.